The molecule has 2 aliphatic carbocycles. The summed E-state index contributed by atoms with van der Waals surface area (Å²) in [6.07, 6.45) is 1.88. The highest BCUT2D eigenvalue weighted by atomic mass is 16.5. The van der Waals surface area contributed by atoms with Crippen LogP contribution in [0.15, 0.2) is 30.3 Å². The monoisotopic (exact) mass is 332 g/mol. The van der Waals surface area contributed by atoms with Gasteiger partial charge < -0.3 is 14.9 Å². The Morgan fingerprint density at radius 2 is 2.04 bits per heavy atom. The number of rotatable bonds is 6. The Bertz CT molecular complexity index is 572. The highest BCUT2D eigenvalue weighted by Gasteiger charge is 2.61. The summed E-state index contributed by atoms with van der Waals surface area (Å²) < 4.78 is 5.59. The van der Waals surface area contributed by atoms with Gasteiger partial charge in [0.2, 0.25) is 0 Å². The van der Waals surface area contributed by atoms with Crippen molar-refractivity contribution in [3.05, 3.63) is 30.3 Å². The van der Waals surface area contributed by atoms with Crippen molar-refractivity contribution >= 4 is 5.78 Å². The Balaban J connectivity index is 1.52. The molecule has 0 saturated heterocycles. The molecule has 24 heavy (non-hydrogen) atoms. The minimum Gasteiger partial charge on any atom is -0.491 e. The fraction of sp³-hybridized carbons (Fsp3) is 0.650. The normalized spacial score (nSPS) is 36.6. The van der Waals surface area contributed by atoms with E-state index >= 15 is 0 Å². The largest absolute Gasteiger partial charge is 0.491 e. The number of carbonyl (C=O) groups excluding carboxylic acids is 1. The van der Waals surface area contributed by atoms with Crippen molar-refractivity contribution in [3.63, 3.8) is 0 Å². The molecule has 2 saturated carbocycles. The maximum absolute atomic E-state index is 12.2. The van der Waals surface area contributed by atoms with E-state index in [1.807, 2.05) is 44.2 Å². The molecule has 4 nitrogen and oxygen atoms in total. The average Bonchev–Trinajstić information content (AvgIpc) is 2.60. The summed E-state index contributed by atoms with van der Waals surface area (Å²) in [5.41, 5.74) is -0.255. The maximum atomic E-state index is 12.2. The van der Waals surface area contributed by atoms with E-state index in [2.05, 4.69) is 0 Å². The number of hydrogen-bond acceptors (Lipinski definition) is 4. The molecule has 132 valence electrons. The molecule has 0 radical (unpaired) electrons. The third-order valence-corrected chi connectivity index (χ3v) is 6.18. The zero-order valence-corrected chi connectivity index (χ0v) is 14.5. The lowest BCUT2D eigenvalue weighted by molar-refractivity contribution is -0.175. The van der Waals surface area contributed by atoms with Crippen molar-refractivity contribution in [2.45, 2.75) is 51.7 Å². The smallest absolute Gasteiger partial charge is 0.142 e. The zero-order chi connectivity index (χ0) is 17.3. The van der Waals surface area contributed by atoms with Gasteiger partial charge in [-0.05, 0) is 49.7 Å². The summed E-state index contributed by atoms with van der Waals surface area (Å²) in [4.78, 5) is 12.2. The van der Waals surface area contributed by atoms with Crippen molar-refractivity contribution in [3.8, 4) is 5.75 Å². The van der Waals surface area contributed by atoms with E-state index in [4.69, 9.17) is 4.74 Å². The van der Waals surface area contributed by atoms with Crippen molar-refractivity contribution in [2.75, 3.05) is 6.61 Å². The van der Waals surface area contributed by atoms with Crippen LogP contribution in [-0.2, 0) is 4.79 Å². The molecule has 0 heterocycles. The lowest BCUT2D eigenvalue weighted by atomic mass is 9.45. The fourth-order valence-corrected chi connectivity index (χ4v) is 4.89. The Hall–Kier alpha value is -1.39. The number of carbonyl (C=O) groups is 1. The third-order valence-electron chi connectivity index (χ3n) is 6.18. The molecule has 1 aromatic carbocycles. The van der Waals surface area contributed by atoms with Crippen molar-refractivity contribution < 1.29 is 19.7 Å². The van der Waals surface area contributed by atoms with Gasteiger partial charge in [0.05, 0.1) is 12.2 Å². The summed E-state index contributed by atoms with van der Waals surface area (Å²) in [6.45, 7) is 4.28. The van der Waals surface area contributed by atoms with E-state index in [9.17, 15) is 15.0 Å². The Labute approximate surface area is 143 Å². The van der Waals surface area contributed by atoms with Gasteiger partial charge in [0.1, 0.15) is 18.1 Å². The SMILES string of the molecule is CC1C(=O)[C@@]2(C)CC[C@@H](O)[C@H](CC[C@@H](O)COc3ccccc3)[C@@H]12. The molecule has 0 amide bonds. The summed E-state index contributed by atoms with van der Waals surface area (Å²) in [5, 5.41) is 20.6. The molecule has 0 aliphatic heterocycles. The second-order valence-electron chi connectivity index (χ2n) is 7.72. The van der Waals surface area contributed by atoms with Crippen LogP contribution in [0, 0.1) is 23.2 Å². The first kappa shape index (κ1) is 17.4. The number of ether oxygens (including phenoxy) is 1. The van der Waals surface area contributed by atoms with Gasteiger partial charge in [-0.2, -0.15) is 0 Å². The van der Waals surface area contributed by atoms with E-state index in [0.29, 0.717) is 18.6 Å². The average molecular weight is 332 g/mol. The minimum atomic E-state index is -0.559. The van der Waals surface area contributed by atoms with Gasteiger partial charge >= 0.3 is 0 Å². The molecular weight excluding hydrogens is 304 g/mol. The Morgan fingerprint density at radius 1 is 1.33 bits per heavy atom. The van der Waals surface area contributed by atoms with Crippen LogP contribution in [0.3, 0.4) is 0 Å². The minimum absolute atomic E-state index is 0.0349. The molecule has 4 heteroatoms. The van der Waals surface area contributed by atoms with E-state index in [0.717, 1.165) is 18.6 Å². The number of ketones is 1. The number of benzene rings is 1. The van der Waals surface area contributed by atoms with Gasteiger partial charge in [-0.25, -0.2) is 0 Å². The van der Waals surface area contributed by atoms with Gasteiger partial charge in [-0.15, -0.1) is 0 Å². The molecule has 0 spiro atoms. The predicted molar refractivity (Wildman–Crippen MR) is 91.7 cm³/mol. The number of hydrogen-bond donors (Lipinski definition) is 2. The molecule has 6 atom stereocenters. The van der Waals surface area contributed by atoms with E-state index in [-0.39, 0.29) is 35.9 Å². The number of para-hydroxylation sites is 1. The lowest BCUT2D eigenvalue weighted by Gasteiger charge is -2.58. The maximum Gasteiger partial charge on any atom is 0.142 e. The zero-order valence-electron chi connectivity index (χ0n) is 14.5. The van der Waals surface area contributed by atoms with Gasteiger partial charge in [0, 0.05) is 11.3 Å². The number of Topliss-reactive ketones (excluding diaryl/α,β-unsaturated/α-hetero) is 1. The van der Waals surface area contributed by atoms with Crippen LogP contribution in [-0.4, -0.2) is 34.8 Å². The van der Waals surface area contributed by atoms with Crippen LogP contribution >= 0.6 is 0 Å². The topological polar surface area (TPSA) is 66.8 Å². The fourth-order valence-electron chi connectivity index (χ4n) is 4.89. The lowest BCUT2D eigenvalue weighted by Crippen LogP contribution is -2.62. The standard InChI is InChI=1S/C20H28O4/c1-13-18-16(17(22)10-11-20(18,2)19(13)23)9-8-14(21)12-24-15-6-4-3-5-7-15/h3-7,13-14,16-18,21-22H,8-12H2,1-2H3/t13?,14-,16+,17-,18-,20+/m1/s1. The number of aliphatic hydroxyl groups is 2. The quantitative estimate of drug-likeness (QED) is 0.841. The van der Waals surface area contributed by atoms with Gasteiger partial charge in [0.15, 0.2) is 0 Å². The van der Waals surface area contributed by atoms with Crippen LogP contribution < -0.4 is 4.74 Å². The van der Waals surface area contributed by atoms with Crippen LogP contribution in [0.2, 0.25) is 0 Å². The summed E-state index contributed by atoms with van der Waals surface area (Å²) in [7, 11) is 0. The van der Waals surface area contributed by atoms with Crippen molar-refractivity contribution in [1.29, 1.82) is 0 Å². The van der Waals surface area contributed by atoms with E-state index in [1.54, 1.807) is 0 Å². The first-order valence-electron chi connectivity index (χ1n) is 9.02. The van der Waals surface area contributed by atoms with Gasteiger partial charge in [-0.1, -0.05) is 32.0 Å². The van der Waals surface area contributed by atoms with Crippen LogP contribution in [0.4, 0.5) is 0 Å². The van der Waals surface area contributed by atoms with Crippen LogP contribution in [0.25, 0.3) is 0 Å². The third kappa shape index (κ3) is 3.09. The Kier molecular flexibility index (Phi) is 4.97. The molecular formula is C20H28O4. The first-order valence-corrected chi connectivity index (χ1v) is 9.02. The molecule has 1 aromatic rings. The second-order valence-corrected chi connectivity index (χ2v) is 7.72. The summed E-state index contributed by atoms with van der Waals surface area (Å²) >= 11 is 0. The second kappa shape index (κ2) is 6.85. The predicted octanol–water partition coefficient (Wildman–Crippen LogP) is 2.82. The van der Waals surface area contributed by atoms with Crippen molar-refractivity contribution in [1.82, 2.24) is 0 Å². The van der Waals surface area contributed by atoms with Crippen LogP contribution in [0.5, 0.6) is 5.75 Å². The highest BCUT2D eigenvalue weighted by molar-refractivity contribution is 5.93. The molecule has 0 bridgehead atoms. The molecule has 2 N–H and O–H groups in total. The van der Waals surface area contributed by atoms with E-state index < -0.39 is 6.10 Å². The van der Waals surface area contributed by atoms with Crippen molar-refractivity contribution in [2.24, 2.45) is 23.2 Å². The van der Waals surface area contributed by atoms with E-state index in [1.165, 1.54) is 0 Å². The van der Waals surface area contributed by atoms with Gasteiger partial charge in [-0.3, -0.25) is 4.79 Å². The Morgan fingerprint density at radius 3 is 2.75 bits per heavy atom. The summed E-state index contributed by atoms with van der Waals surface area (Å²) in [5.74, 6) is 1.48. The summed E-state index contributed by atoms with van der Waals surface area (Å²) in [6, 6.07) is 9.45. The number of aliphatic hydroxyl groups excluding tert-OH is 2. The molecule has 3 rings (SSSR count). The molecule has 1 unspecified atom stereocenters. The molecule has 0 aromatic heterocycles. The first-order chi connectivity index (χ1) is 11.4. The van der Waals surface area contributed by atoms with Gasteiger partial charge in [0.25, 0.3) is 0 Å². The van der Waals surface area contributed by atoms with Crippen LogP contribution in [0.1, 0.15) is 39.5 Å². The molecule has 2 aliphatic rings. The highest BCUT2D eigenvalue weighted by Crippen LogP contribution is 2.59. The molecule has 2 fully saturated rings. The number of fused-ring (bicyclic) bond motifs is 1.